The predicted octanol–water partition coefficient (Wildman–Crippen LogP) is 7.80. The first-order valence-corrected chi connectivity index (χ1v) is 16.7. The van der Waals surface area contributed by atoms with E-state index in [1.807, 2.05) is 79.2 Å². The molecule has 2 heterocycles. The Balaban J connectivity index is 1.17. The Morgan fingerprint density at radius 2 is 1.67 bits per heavy atom. The number of thiazole rings is 1. The summed E-state index contributed by atoms with van der Waals surface area (Å²) >= 11 is 4.22. The van der Waals surface area contributed by atoms with E-state index in [0.29, 0.717) is 23.0 Å². The van der Waals surface area contributed by atoms with Crippen molar-refractivity contribution < 1.29 is 19.1 Å². The molecule has 3 N–H and O–H groups in total. The van der Waals surface area contributed by atoms with Gasteiger partial charge >= 0.3 is 0 Å². The number of anilines is 2. The fourth-order valence-electron chi connectivity index (χ4n) is 4.09. The van der Waals surface area contributed by atoms with Crippen molar-refractivity contribution in [2.45, 2.75) is 24.0 Å². The van der Waals surface area contributed by atoms with Gasteiger partial charge in [-0.25, -0.2) is 4.98 Å². The number of amides is 3. The van der Waals surface area contributed by atoms with Crippen LogP contribution in [0.15, 0.2) is 112 Å². The third-order valence-electron chi connectivity index (χ3n) is 6.35. The van der Waals surface area contributed by atoms with Crippen LogP contribution >= 0.6 is 34.4 Å². The van der Waals surface area contributed by atoms with Crippen molar-refractivity contribution >= 4 is 69.1 Å². The molecule has 3 aromatic carbocycles. The molecule has 2 aromatic heterocycles. The van der Waals surface area contributed by atoms with Crippen LogP contribution in [0.4, 0.5) is 10.8 Å². The summed E-state index contributed by atoms with van der Waals surface area (Å²) in [6.07, 6.45) is 1.65. The lowest BCUT2D eigenvalue weighted by atomic mass is 10.2. The molecule has 1 unspecified atom stereocenters. The van der Waals surface area contributed by atoms with Crippen LogP contribution in [0.25, 0.3) is 17.3 Å². The first kappa shape index (κ1) is 31.7. The van der Waals surface area contributed by atoms with Gasteiger partial charge in [0.2, 0.25) is 5.91 Å². The number of hydrogen-bond acceptors (Lipinski definition) is 8. The number of nitrogens with one attached hydrogen (secondary N) is 3. The van der Waals surface area contributed by atoms with E-state index < -0.39 is 11.2 Å². The highest BCUT2D eigenvalue weighted by atomic mass is 32.2. The molecule has 0 fully saturated rings. The molecular weight excluding hydrogens is 625 g/mol. The van der Waals surface area contributed by atoms with Crippen molar-refractivity contribution in [3.8, 4) is 17.0 Å². The number of carbonyl (C=O) groups excluding carboxylic acids is 3. The van der Waals surface area contributed by atoms with Crippen LogP contribution in [0.5, 0.6) is 5.75 Å². The van der Waals surface area contributed by atoms with Gasteiger partial charge in [-0.05, 0) is 92.0 Å². The SMILES string of the molecule is CCOc1ccc(-c2csc(NC(=O)C(C)Sc3ccc(NC(=O)/C(=C/c4cccs4)NC(=O)c4ccccc4)cc3)n2)cc1. The molecule has 45 heavy (non-hydrogen) atoms. The van der Waals surface area contributed by atoms with Crippen LogP contribution in [-0.4, -0.2) is 34.6 Å². The Morgan fingerprint density at radius 1 is 0.911 bits per heavy atom. The highest BCUT2D eigenvalue weighted by Crippen LogP contribution is 2.29. The highest BCUT2D eigenvalue weighted by Gasteiger charge is 2.18. The summed E-state index contributed by atoms with van der Waals surface area (Å²) in [6.45, 7) is 4.37. The van der Waals surface area contributed by atoms with Crippen molar-refractivity contribution in [3.63, 3.8) is 0 Å². The van der Waals surface area contributed by atoms with Crippen molar-refractivity contribution in [3.05, 3.63) is 118 Å². The smallest absolute Gasteiger partial charge is 0.272 e. The van der Waals surface area contributed by atoms with E-state index >= 15 is 0 Å². The second kappa shape index (κ2) is 15.3. The fraction of sp³-hybridized carbons (Fsp3) is 0.118. The molecule has 0 aliphatic heterocycles. The summed E-state index contributed by atoms with van der Waals surface area (Å²) in [4.78, 5) is 45.2. The number of aromatic nitrogens is 1. The molecule has 0 aliphatic carbocycles. The standard InChI is InChI=1S/C34H30N4O4S3/c1-3-42-26-15-11-23(12-16-26)30-21-44-34(37-30)38-31(39)22(2)45-27-17-13-25(14-18-27)35-33(41)29(20-28-10-7-19-43-28)36-32(40)24-8-5-4-6-9-24/h4-22H,3H2,1-2H3,(H,35,41)(H,36,40)(H,37,38,39)/b29-20-. The number of benzene rings is 3. The van der Waals surface area contributed by atoms with Gasteiger partial charge < -0.3 is 20.7 Å². The van der Waals surface area contributed by atoms with Gasteiger partial charge in [0, 0.05) is 32.0 Å². The van der Waals surface area contributed by atoms with Crippen LogP contribution in [-0.2, 0) is 9.59 Å². The minimum Gasteiger partial charge on any atom is -0.494 e. The first-order chi connectivity index (χ1) is 21.9. The monoisotopic (exact) mass is 654 g/mol. The zero-order valence-corrected chi connectivity index (χ0v) is 26.9. The highest BCUT2D eigenvalue weighted by molar-refractivity contribution is 8.00. The molecule has 0 radical (unpaired) electrons. The van der Waals surface area contributed by atoms with E-state index in [1.54, 1.807) is 42.5 Å². The number of hydrogen-bond donors (Lipinski definition) is 3. The predicted molar refractivity (Wildman–Crippen MR) is 184 cm³/mol. The van der Waals surface area contributed by atoms with Crippen LogP contribution in [0.1, 0.15) is 29.1 Å². The topological polar surface area (TPSA) is 109 Å². The van der Waals surface area contributed by atoms with E-state index in [2.05, 4.69) is 20.9 Å². The molecule has 5 aromatic rings. The number of thiophene rings is 1. The van der Waals surface area contributed by atoms with E-state index in [4.69, 9.17) is 4.74 Å². The average molecular weight is 655 g/mol. The van der Waals surface area contributed by atoms with Gasteiger partial charge in [0.15, 0.2) is 5.13 Å². The van der Waals surface area contributed by atoms with Crippen LogP contribution in [0, 0.1) is 0 Å². The summed E-state index contributed by atoms with van der Waals surface area (Å²) in [5.41, 5.74) is 2.85. The molecule has 0 saturated heterocycles. The van der Waals surface area contributed by atoms with Crippen LogP contribution < -0.4 is 20.7 Å². The Labute approximate surface area is 273 Å². The molecule has 228 valence electrons. The summed E-state index contributed by atoms with van der Waals surface area (Å²) in [6, 6.07) is 27.3. The average Bonchev–Trinajstić information content (AvgIpc) is 3.75. The third kappa shape index (κ3) is 8.91. The minimum atomic E-state index is -0.450. The van der Waals surface area contributed by atoms with E-state index in [0.717, 1.165) is 26.8 Å². The Hall–Kier alpha value is -4.71. The molecule has 0 aliphatic rings. The molecule has 5 rings (SSSR count). The van der Waals surface area contributed by atoms with E-state index in [1.165, 1.54) is 34.4 Å². The van der Waals surface area contributed by atoms with Crippen molar-refractivity contribution in [1.29, 1.82) is 0 Å². The number of carbonyl (C=O) groups is 3. The molecule has 0 saturated carbocycles. The van der Waals surface area contributed by atoms with Gasteiger partial charge in [0.1, 0.15) is 11.4 Å². The zero-order valence-electron chi connectivity index (χ0n) is 24.5. The summed E-state index contributed by atoms with van der Waals surface area (Å²) in [7, 11) is 0. The molecule has 0 spiro atoms. The van der Waals surface area contributed by atoms with E-state index in [9.17, 15) is 14.4 Å². The Kier molecular flexibility index (Phi) is 10.8. The second-order valence-corrected chi connectivity index (χ2v) is 12.9. The zero-order chi connectivity index (χ0) is 31.6. The lowest BCUT2D eigenvalue weighted by Gasteiger charge is -2.13. The molecule has 11 heteroatoms. The van der Waals surface area contributed by atoms with Crippen LogP contribution in [0.2, 0.25) is 0 Å². The van der Waals surface area contributed by atoms with Crippen molar-refractivity contribution in [2.75, 3.05) is 17.2 Å². The lowest BCUT2D eigenvalue weighted by Crippen LogP contribution is -2.30. The van der Waals surface area contributed by atoms with Gasteiger partial charge in [0.05, 0.1) is 17.6 Å². The largest absolute Gasteiger partial charge is 0.494 e. The summed E-state index contributed by atoms with van der Waals surface area (Å²) in [5, 5.41) is 12.4. The third-order valence-corrected chi connectivity index (χ3v) is 9.04. The van der Waals surface area contributed by atoms with Gasteiger partial charge in [-0.3, -0.25) is 14.4 Å². The fourth-order valence-corrected chi connectivity index (χ4v) is 6.34. The van der Waals surface area contributed by atoms with Crippen molar-refractivity contribution in [2.24, 2.45) is 0 Å². The minimum absolute atomic E-state index is 0.128. The Morgan fingerprint density at radius 3 is 2.36 bits per heavy atom. The quantitative estimate of drug-likeness (QED) is 0.0936. The van der Waals surface area contributed by atoms with Gasteiger partial charge in [-0.1, -0.05) is 24.3 Å². The number of ether oxygens (including phenoxy) is 1. The summed E-state index contributed by atoms with van der Waals surface area (Å²) < 4.78 is 5.50. The number of nitrogens with zero attached hydrogens (tertiary/aromatic N) is 1. The van der Waals surface area contributed by atoms with Gasteiger partial charge in [-0.2, -0.15) is 0 Å². The molecule has 3 amide bonds. The maximum absolute atomic E-state index is 13.2. The van der Waals surface area contributed by atoms with Gasteiger partial charge in [-0.15, -0.1) is 34.4 Å². The molecule has 1 atom stereocenters. The number of thioether (sulfide) groups is 1. The lowest BCUT2D eigenvalue weighted by molar-refractivity contribution is -0.115. The maximum atomic E-state index is 13.2. The summed E-state index contributed by atoms with van der Waals surface area (Å²) in [5.74, 6) is -0.191. The maximum Gasteiger partial charge on any atom is 0.272 e. The molecule has 0 bridgehead atoms. The second-order valence-electron chi connectivity index (χ2n) is 9.62. The Bertz CT molecular complexity index is 1770. The van der Waals surface area contributed by atoms with Crippen LogP contribution in [0.3, 0.4) is 0 Å². The molecule has 8 nitrogen and oxygen atoms in total. The van der Waals surface area contributed by atoms with Gasteiger partial charge in [0.25, 0.3) is 11.8 Å². The molecular formula is C34H30N4O4S3. The normalized spacial score (nSPS) is 11.8. The first-order valence-electron chi connectivity index (χ1n) is 14.1. The van der Waals surface area contributed by atoms with E-state index in [-0.39, 0.29) is 17.5 Å². The number of rotatable bonds is 12. The van der Waals surface area contributed by atoms with Crippen molar-refractivity contribution in [1.82, 2.24) is 10.3 Å².